The topological polar surface area (TPSA) is 23.5 Å². The van der Waals surface area contributed by atoms with Gasteiger partial charge in [-0.2, -0.15) is 0 Å². The van der Waals surface area contributed by atoms with E-state index in [9.17, 15) is 5.11 Å². The van der Waals surface area contributed by atoms with Gasteiger partial charge in [-0.15, -0.1) is 0 Å². The normalized spacial score (nSPS) is 27.0. The average molecular weight is 297 g/mol. The van der Waals surface area contributed by atoms with Crippen molar-refractivity contribution in [2.24, 2.45) is 11.8 Å². The molecule has 118 valence electrons. The van der Waals surface area contributed by atoms with E-state index in [1.807, 2.05) is 6.92 Å². The van der Waals surface area contributed by atoms with Crippen molar-refractivity contribution in [3.05, 3.63) is 40.1 Å². The minimum Gasteiger partial charge on any atom is -0.385 e. The molecule has 0 amide bonds. The maximum absolute atomic E-state index is 10.6. The molecule has 0 saturated heterocycles. The van der Waals surface area contributed by atoms with Crippen LogP contribution in [-0.2, 0) is 18.6 Å². The summed E-state index contributed by atoms with van der Waals surface area (Å²) in [5, 5.41) is 10.6. The van der Waals surface area contributed by atoms with Crippen LogP contribution in [0.4, 0.5) is 0 Å². The lowest BCUT2D eigenvalue weighted by molar-refractivity contribution is 0.0594. The predicted molar refractivity (Wildman–Crippen MR) is 90.3 cm³/mol. The van der Waals surface area contributed by atoms with Crippen LogP contribution in [0.15, 0.2) is 17.8 Å². The number of hydrogen-bond donors (Lipinski definition) is 1. The molecule has 1 aliphatic heterocycles. The summed E-state index contributed by atoms with van der Waals surface area (Å²) in [7, 11) is 0. The standard InChI is InChI=1S/C20H27NO/c1-13(2)11-21-12-17-15(10-19(21)14-4-5-14)6-7-18-16(17)8-9-20(18,3)22/h6-7,10,13-14,22H,4-5,8-9,11-12H2,1-3H3. The van der Waals surface area contributed by atoms with Crippen LogP contribution in [0.5, 0.6) is 0 Å². The van der Waals surface area contributed by atoms with Crippen LogP contribution in [0.2, 0.25) is 0 Å². The van der Waals surface area contributed by atoms with E-state index in [1.54, 1.807) is 5.70 Å². The second-order valence-corrected chi connectivity index (χ2v) is 8.05. The third-order valence-electron chi connectivity index (χ3n) is 5.51. The van der Waals surface area contributed by atoms with E-state index >= 15 is 0 Å². The Morgan fingerprint density at radius 3 is 2.73 bits per heavy atom. The minimum atomic E-state index is -0.631. The fourth-order valence-corrected chi connectivity index (χ4v) is 4.22. The number of benzene rings is 1. The van der Waals surface area contributed by atoms with Gasteiger partial charge in [-0.05, 0) is 72.8 Å². The van der Waals surface area contributed by atoms with Gasteiger partial charge >= 0.3 is 0 Å². The number of allylic oxidation sites excluding steroid dienone is 1. The van der Waals surface area contributed by atoms with Gasteiger partial charge in [0.25, 0.3) is 0 Å². The molecular formula is C20H27NO. The highest BCUT2D eigenvalue weighted by Crippen LogP contribution is 2.45. The van der Waals surface area contributed by atoms with Crippen molar-refractivity contribution >= 4 is 6.08 Å². The van der Waals surface area contributed by atoms with Crippen LogP contribution < -0.4 is 0 Å². The first kappa shape index (κ1) is 14.3. The van der Waals surface area contributed by atoms with Crippen LogP contribution in [-0.4, -0.2) is 16.6 Å². The summed E-state index contributed by atoms with van der Waals surface area (Å²) >= 11 is 0. The molecule has 4 rings (SSSR count). The molecule has 1 fully saturated rings. The molecule has 3 aliphatic rings. The van der Waals surface area contributed by atoms with Crippen molar-refractivity contribution in [3.63, 3.8) is 0 Å². The first-order valence-electron chi connectivity index (χ1n) is 8.80. The molecular weight excluding hydrogens is 270 g/mol. The Bertz CT molecular complexity index is 637. The maximum atomic E-state index is 10.6. The van der Waals surface area contributed by atoms with Crippen molar-refractivity contribution < 1.29 is 5.11 Å². The van der Waals surface area contributed by atoms with E-state index in [-0.39, 0.29) is 0 Å². The summed E-state index contributed by atoms with van der Waals surface area (Å²) in [4.78, 5) is 2.61. The van der Waals surface area contributed by atoms with Crippen LogP contribution >= 0.6 is 0 Å². The van der Waals surface area contributed by atoms with Crippen LogP contribution in [0.25, 0.3) is 6.08 Å². The zero-order valence-electron chi connectivity index (χ0n) is 14.0. The van der Waals surface area contributed by atoms with Crippen LogP contribution in [0.1, 0.15) is 62.3 Å². The van der Waals surface area contributed by atoms with Crippen LogP contribution in [0, 0.1) is 11.8 Å². The molecule has 1 aromatic rings. The molecule has 1 atom stereocenters. The molecule has 1 saturated carbocycles. The molecule has 1 N–H and O–H groups in total. The summed E-state index contributed by atoms with van der Waals surface area (Å²) in [5.41, 5.74) is 6.39. The quantitative estimate of drug-likeness (QED) is 0.909. The Balaban J connectivity index is 1.77. The lowest BCUT2D eigenvalue weighted by Crippen LogP contribution is -2.31. The highest BCUT2D eigenvalue weighted by molar-refractivity contribution is 5.64. The highest BCUT2D eigenvalue weighted by Gasteiger charge is 2.37. The van der Waals surface area contributed by atoms with Gasteiger partial charge in [0, 0.05) is 18.8 Å². The lowest BCUT2D eigenvalue weighted by atomic mass is 9.90. The molecule has 2 heteroatoms. The molecule has 2 nitrogen and oxygen atoms in total. The first-order valence-corrected chi connectivity index (χ1v) is 8.80. The maximum Gasteiger partial charge on any atom is 0.0874 e. The second kappa shape index (κ2) is 4.86. The highest BCUT2D eigenvalue weighted by atomic mass is 16.3. The van der Waals surface area contributed by atoms with E-state index < -0.39 is 5.60 Å². The Morgan fingerprint density at radius 1 is 1.27 bits per heavy atom. The number of rotatable bonds is 3. The molecule has 0 spiro atoms. The van der Waals surface area contributed by atoms with E-state index in [2.05, 4.69) is 37.0 Å². The third-order valence-corrected chi connectivity index (χ3v) is 5.51. The Morgan fingerprint density at radius 2 is 2.05 bits per heavy atom. The van der Waals surface area contributed by atoms with Crippen molar-refractivity contribution in [2.75, 3.05) is 6.54 Å². The van der Waals surface area contributed by atoms with E-state index in [0.29, 0.717) is 5.92 Å². The van der Waals surface area contributed by atoms with Crippen molar-refractivity contribution in [3.8, 4) is 0 Å². The summed E-state index contributed by atoms with van der Waals surface area (Å²) in [6.07, 6.45) is 7.03. The van der Waals surface area contributed by atoms with Gasteiger partial charge in [0.1, 0.15) is 0 Å². The van der Waals surface area contributed by atoms with Gasteiger partial charge in [0.15, 0.2) is 0 Å². The van der Waals surface area contributed by atoms with Crippen LogP contribution in [0.3, 0.4) is 0 Å². The lowest BCUT2D eigenvalue weighted by Gasteiger charge is -2.35. The fourth-order valence-electron chi connectivity index (χ4n) is 4.22. The van der Waals surface area contributed by atoms with Gasteiger partial charge in [0.05, 0.1) is 5.60 Å². The van der Waals surface area contributed by atoms with Crippen molar-refractivity contribution in [1.29, 1.82) is 0 Å². The molecule has 1 heterocycles. The summed E-state index contributed by atoms with van der Waals surface area (Å²) in [6.45, 7) is 8.75. The molecule has 0 bridgehead atoms. The molecule has 1 unspecified atom stereocenters. The fraction of sp³-hybridized carbons (Fsp3) is 0.600. The predicted octanol–water partition coefficient (Wildman–Crippen LogP) is 4.06. The largest absolute Gasteiger partial charge is 0.385 e. The molecule has 2 aliphatic carbocycles. The number of aliphatic hydroxyl groups is 1. The molecule has 22 heavy (non-hydrogen) atoms. The van der Waals surface area contributed by atoms with Gasteiger partial charge in [-0.25, -0.2) is 0 Å². The first-order chi connectivity index (χ1) is 10.5. The van der Waals surface area contributed by atoms with Crippen molar-refractivity contribution in [2.45, 2.75) is 58.6 Å². The third kappa shape index (κ3) is 2.28. The minimum absolute atomic E-state index is 0.631. The summed E-state index contributed by atoms with van der Waals surface area (Å²) < 4.78 is 0. The Hall–Kier alpha value is -1.28. The zero-order chi connectivity index (χ0) is 15.5. The van der Waals surface area contributed by atoms with E-state index in [4.69, 9.17) is 0 Å². The number of fused-ring (bicyclic) bond motifs is 3. The summed E-state index contributed by atoms with van der Waals surface area (Å²) in [6, 6.07) is 4.41. The second-order valence-electron chi connectivity index (χ2n) is 8.05. The molecule has 0 aromatic heterocycles. The summed E-state index contributed by atoms with van der Waals surface area (Å²) in [5.74, 6) is 1.48. The van der Waals surface area contributed by atoms with Crippen molar-refractivity contribution in [1.82, 2.24) is 4.90 Å². The average Bonchev–Trinajstić information content (AvgIpc) is 3.23. The van der Waals surface area contributed by atoms with Gasteiger partial charge in [-0.1, -0.05) is 26.0 Å². The van der Waals surface area contributed by atoms with Gasteiger partial charge < -0.3 is 10.0 Å². The van der Waals surface area contributed by atoms with E-state index in [1.165, 1.54) is 35.1 Å². The zero-order valence-corrected chi connectivity index (χ0v) is 14.0. The van der Waals surface area contributed by atoms with Gasteiger partial charge in [-0.3, -0.25) is 0 Å². The van der Waals surface area contributed by atoms with E-state index in [0.717, 1.165) is 31.8 Å². The smallest absolute Gasteiger partial charge is 0.0874 e. The molecule has 0 radical (unpaired) electrons. The Labute approximate surface area is 133 Å². The Kier molecular flexibility index (Phi) is 3.16. The molecule has 1 aromatic carbocycles. The number of nitrogens with zero attached hydrogens (tertiary/aromatic N) is 1. The monoisotopic (exact) mass is 297 g/mol. The SMILES string of the molecule is CC(C)CN1Cc2c(ccc3c2CCC3(C)O)C=C1C1CC1. The number of hydrogen-bond acceptors (Lipinski definition) is 2. The van der Waals surface area contributed by atoms with Gasteiger partial charge in [0.2, 0.25) is 0 Å².